The highest BCUT2D eigenvalue weighted by Gasteiger charge is 2.29. The molecule has 0 fully saturated rings. The van der Waals surface area contributed by atoms with Crippen molar-refractivity contribution in [3.63, 3.8) is 0 Å². The summed E-state index contributed by atoms with van der Waals surface area (Å²) in [4.78, 5) is 2.23. The Morgan fingerprint density at radius 1 is 1.46 bits per heavy atom. The van der Waals surface area contributed by atoms with Crippen LogP contribution in [0.5, 0.6) is 0 Å². The molecular formula is C11H22N2. The van der Waals surface area contributed by atoms with Gasteiger partial charge in [0.05, 0.1) is 0 Å². The molecule has 0 aliphatic carbocycles. The summed E-state index contributed by atoms with van der Waals surface area (Å²) in [7, 11) is 6.19. The van der Waals surface area contributed by atoms with Gasteiger partial charge < -0.3 is 10.2 Å². The van der Waals surface area contributed by atoms with Crippen molar-refractivity contribution in [3.05, 3.63) is 0 Å². The van der Waals surface area contributed by atoms with Gasteiger partial charge in [0.2, 0.25) is 0 Å². The lowest BCUT2D eigenvalue weighted by Gasteiger charge is -2.40. The Kier molecular flexibility index (Phi) is 5.05. The first kappa shape index (κ1) is 12.5. The maximum atomic E-state index is 5.26. The van der Waals surface area contributed by atoms with Gasteiger partial charge in [0, 0.05) is 18.0 Å². The molecule has 1 N–H and O–H groups in total. The topological polar surface area (TPSA) is 15.3 Å². The number of terminal acetylenes is 1. The monoisotopic (exact) mass is 182 g/mol. The normalized spacial score (nSPS) is 14.2. The number of nitrogens with one attached hydrogen (secondary N) is 1. The number of likely N-dealkylation sites (N-methyl/N-ethyl adjacent to an activating group) is 2. The lowest BCUT2D eigenvalue weighted by Crippen LogP contribution is -2.54. The summed E-state index contributed by atoms with van der Waals surface area (Å²) in [6.07, 6.45) is 7.12. The molecule has 0 spiro atoms. The molecule has 0 saturated carbocycles. The van der Waals surface area contributed by atoms with Crippen LogP contribution in [0.1, 0.15) is 26.7 Å². The maximum absolute atomic E-state index is 5.26. The van der Waals surface area contributed by atoms with E-state index in [0.29, 0.717) is 6.04 Å². The first-order chi connectivity index (χ1) is 5.96. The zero-order valence-electron chi connectivity index (χ0n) is 9.52. The second kappa shape index (κ2) is 5.26. The van der Waals surface area contributed by atoms with Gasteiger partial charge in [-0.15, -0.1) is 12.3 Å². The number of hydrogen-bond donors (Lipinski definition) is 1. The molecule has 0 aromatic carbocycles. The Labute approximate surface area is 82.7 Å². The first-order valence-corrected chi connectivity index (χ1v) is 4.75. The van der Waals surface area contributed by atoms with Crippen molar-refractivity contribution in [2.24, 2.45) is 0 Å². The fourth-order valence-electron chi connectivity index (χ4n) is 1.39. The SMILES string of the molecule is C#CCCC(NC)C(C)(C)N(C)C. The molecule has 0 aromatic heterocycles. The average molecular weight is 182 g/mol. The van der Waals surface area contributed by atoms with Crippen LogP contribution in [0.25, 0.3) is 0 Å². The van der Waals surface area contributed by atoms with Crippen molar-refractivity contribution in [1.29, 1.82) is 0 Å². The Hall–Kier alpha value is -0.520. The van der Waals surface area contributed by atoms with E-state index < -0.39 is 0 Å². The van der Waals surface area contributed by atoms with Gasteiger partial charge in [-0.25, -0.2) is 0 Å². The smallest absolute Gasteiger partial charge is 0.0300 e. The standard InChI is InChI=1S/C11H22N2/c1-7-8-9-10(12-4)11(2,3)13(5)6/h1,10,12H,8-9H2,2-6H3. The highest BCUT2D eigenvalue weighted by Crippen LogP contribution is 2.18. The molecular weight excluding hydrogens is 160 g/mol. The molecule has 13 heavy (non-hydrogen) atoms. The Balaban J connectivity index is 4.30. The van der Waals surface area contributed by atoms with Gasteiger partial charge in [-0.3, -0.25) is 0 Å². The minimum absolute atomic E-state index is 0.144. The Bertz CT molecular complexity index is 177. The van der Waals surface area contributed by atoms with E-state index in [1.165, 1.54) is 0 Å². The van der Waals surface area contributed by atoms with Crippen LogP contribution in [-0.2, 0) is 0 Å². The van der Waals surface area contributed by atoms with Crippen LogP contribution in [-0.4, -0.2) is 37.6 Å². The molecule has 0 bridgehead atoms. The van der Waals surface area contributed by atoms with Crippen LogP contribution in [0.4, 0.5) is 0 Å². The van der Waals surface area contributed by atoms with Gasteiger partial charge in [0.15, 0.2) is 0 Å². The Morgan fingerprint density at radius 2 is 2.00 bits per heavy atom. The van der Waals surface area contributed by atoms with Crippen molar-refractivity contribution < 1.29 is 0 Å². The third kappa shape index (κ3) is 3.38. The summed E-state index contributed by atoms with van der Waals surface area (Å²) >= 11 is 0. The van der Waals surface area contributed by atoms with Crippen molar-refractivity contribution in [2.45, 2.75) is 38.3 Å². The molecule has 0 aromatic rings. The molecule has 1 unspecified atom stereocenters. The van der Waals surface area contributed by atoms with Crippen LogP contribution in [0.3, 0.4) is 0 Å². The number of nitrogens with zero attached hydrogens (tertiary/aromatic N) is 1. The lowest BCUT2D eigenvalue weighted by atomic mass is 9.90. The second-order valence-electron chi connectivity index (χ2n) is 4.13. The third-order valence-electron chi connectivity index (χ3n) is 2.93. The Morgan fingerprint density at radius 3 is 2.31 bits per heavy atom. The molecule has 0 radical (unpaired) electrons. The largest absolute Gasteiger partial charge is 0.315 e. The maximum Gasteiger partial charge on any atom is 0.0300 e. The van der Waals surface area contributed by atoms with E-state index in [9.17, 15) is 0 Å². The van der Waals surface area contributed by atoms with Gasteiger partial charge >= 0.3 is 0 Å². The fraction of sp³-hybridized carbons (Fsp3) is 0.818. The van der Waals surface area contributed by atoms with E-state index in [-0.39, 0.29) is 5.54 Å². The van der Waals surface area contributed by atoms with Crippen LogP contribution in [0.15, 0.2) is 0 Å². The van der Waals surface area contributed by atoms with Crippen LogP contribution in [0.2, 0.25) is 0 Å². The van der Waals surface area contributed by atoms with Gasteiger partial charge in [-0.05, 0) is 41.4 Å². The molecule has 1 atom stereocenters. The summed E-state index contributed by atoms with van der Waals surface area (Å²) in [5.74, 6) is 2.68. The van der Waals surface area contributed by atoms with Crippen molar-refractivity contribution in [1.82, 2.24) is 10.2 Å². The minimum atomic E-state index is 0.144. The quantitative estimate of drug-likeness (QED) is 0.645. The minimum Gasteiger partial charge on any atom is -0.315 e. The fourth-order valence-corrected chi connectivity index (χ4v) is 1.39. The summed E-state index contributed by atoms with van der Waals surface area (Å²) in [5.41, 5.74) is 0.144. The zero-order valence-corrected chi connectivity index (χ0v) is 9.52. The molecule has 0 amide bonds. The predicted octanol–water partition coefficient (Wildman–Crippen LogP) is 1.33. The summed E-state index contributed by atoms with van der Waals surface area (Å²) in [5, 5.41) is 3.32. The van der Waals surface area contributed by atoms with Gasteiger partial charge in [0.25, 0.3) is 0 Å². The van der Waals surface area contributed by atoms with Crippen LogP contribution >= 0.6 is 0 Å². The van der Waals surface area contributed by atoms with Gasteiger partial charge in [0.1, 0.15) is 0 Å². The van der Waals surface area contributed by atoms with E-state index in [1.807, 2.05) is 7.05 Å². The van der Waals surface area contributed by atoms with E-state index in [2.05, 4.69) is 44.1 Å². The van der Waals surface area contributed by atoms with E-state index in [4.69, 9.17) is 6.42 Å². The molecule has 2 nitrogen and oxygen atoms in total. The van der Waals surface area contributed by atoms with Crippen LogP contribution in [0, 0.1) is 12.3 Å². The van der Waals surface area contributed by atoms with Gasteiger partial charge in [-0.2, -0.15) is 0 Å². The van der Waals surface area contributed by atoms with Crippen molar-refractivity contribution >= 4 is 0 Å². The van der Waals surface area contributed by atoms with E-state index >= 15 is 0 Å². The zero-order chi connectivity index (χ0) is 10.5. The number of hydrogen-bond acceptors (Lipinski definition) is 2. The molecule has 76 valence electrons. The summed E-state index contributed by atoms with van der Waals surface area (Å²) in [6, 6.07) is 0.443. The van der Waals surface area contributed by atoms with Crippen molar-refractivity contribution in [3.8, 4) is 12.3 Å². The van der Waals surface area contributed by atoms with Crippen molar-refractivity contribution in [2.75, 3.05) is 21.1 Å². The molecule has 0 heterocycles. The highest BCUT2D eigenvalue weighted by atomic mass is 15.2. The second-order valence-corrected chi connectivity index (χ2v) is 4.13. The van der Waals surface area contributed by atoms with E-state index in [0.717, 1.165) is 12.8 Å². The predicted molar refractivity (Wildman–Crippen MR) is 58.7 cm³/mol. The first-order valence-electron chi connectivity index (χ1n) is 4.75. The van der Waals surface area contributed by atoms with Gasteiger partial charge in [-0.1, -0.05) is 0 Å². The third-order valence-corrected chi connectivity index (χ3v) is 2.93. The summed E-state index contributed by atoms with van der Waals surface area (Å²) in [6.45, 7) is 4.45. The van der Waals surface area contributed by atoms with E-state index in [1.54, 1.807) is 0 Å². The molecule has 0 aliphatic heterocycles. The molecule has 0 rings (SSSR count). The molecule has 0 saturated heterocycles. The summed E-state index contributed by atoms with van der Waals surface area (Å²) < 4.78 is 0. The van der Waals surface area contributed by atoms with Crippen LogP contribution < -0.4 is 5.32 Å². The molecule has 2 heteroatoms. The molecule has 0 aliphatic rings. The number of rotatable bonds is 5. The lowest BCUT2D eigenvalue weighted by molar-refractivity contribution is 0.137. The highest BCUT2D eigenvalue weighted by molar-refractivity contribution is 4.94. The average Bonchev–Trinajstić information content (AvgIpc) is 2.05.